The van der Waals surface area contributed by atoms with Crippen LogP contribution in [0.4, 0.5) is 5.69 Å². The minimum Gasteiger partial charge on any atom is -0.497 e. The van der Waals surface area contributed by atoms with Crippen molar-refractivity contribution in [3.8, 4) is 33.9 Å². The molecule has 0 fully saturated rings. The second-order valence-corrected chi connectivity index (χ2v) is 9.95. The lowest BCUT2D eigenvalue weighted by molar-refractivity contribution is 0.102. The number of nitrogens with one attached hydrogen (secondary N) is 1. The van der Waals surface area contributed by atoms with Crippen molar-refractivity contribution in [2.75, 3.05) is 19.5 Å². The third kappa shape index (κ3) is 4.36. The molecule has 0 aliphatic carbocycles. The van der Waals surface area contributed by atoms with Crippen molar-refractivity contribution in [3.05, 3.63) is 95.8 Å². The fourth-order valence-electron chi connectivity index (χ4n) is 5.75. The average Bonchev–Trinajstić information content (AvgIpc) is 3.40. The summed E-state index contributed by atoms with van der Waals surface area (Å²) < 4.78 is 15.4. The Morgan fingerprint density at radius 3 is 2.36 bits per heavy atom. The molecule has 2 aromatic heterocycles. The highest BCUT2D eigenvalue weighted by atomic mass is 16.5. The number of aromatic nitrogens is 2. The number of ether oxygens (including phenoxy) is 2. The molecule has 6 rings (SSSR count). The molecular formula is C33H33N3O3. The van der Waals surface area contributed by atoms with Gasteiger partial charge in [0.2, 0.25) is 0 Å². The van der Waals surface area contributed by atoms with Gasteiger partial charge in [-0.1, -0.05) is 43.3 Å². The smallest absolute Gasteiger partial charge is 0.273 e. The van der Waals surface area contributed by atoms with E-state index in [1.165, 1.54) is 11.1 Å². The zero-order chi connectivity index (χ0) is 26.9. The van der Waals surface area contributed by atoms with Crippen molar-refractivity contribution < 1.29 is 14.3 Å². The number of carbonyl (C=O) groups excluding carboxylic acids is 1. The van der Waals surface area contributed by atoms with Crippen LogP contribution in [-0.4, -0.2) is 29.1 Å². The van der Waals surface area contributed by atoms with Gasteiger partial charge in [0, 0.05) is 23.9 Å². The number of benzene rings is 3. The topological polar surface area (TPSA) is 56.9 Å². The van der Waals surface area contributed by atoms with E-state index in [4.69, 9.17) is 9.47 Å². The highest BCUT2D eigenvalue weighted by Crippen LogP contribution is 2.40. The van der Waals surface area contributed by atoms with Gasteiger partial charge in [0.25, 0.3) is 5.91 Å². The summed E-state index contributed by atoms with van der Waals surface area (Å²) in [5.74, 6) is 1.29. The van der Waals surface area contributed by atoms with Crippen molar-refractivity contribution in [3.63, 3.8) is 0 Å². The molecule has 3 aromatic carbocycles. The number of para-hydroxylation sites is 2. The standard InChI is InChI=1S/C33H33N3O3/c1-4-22-12-14-24(15-13-22)30-26-9-7-8-20-35-28(23-16-18-25(38-2)19-17-23)21-36(33(26)35)31(30)32(37)34-27-10-5-6-11-29(27)39-3/h5-6,10-19,21H,4,7-9,20H2,1-3H3,(H,34,37). The number of methoxy groups -OCH3 is 2. The van der Waals surface area contributed by atoms with Gasteiger partial charge in [0.1, 0.15) is 22.8 Å². The molecule has 1 aliphatic rings. The third-order valence-electron chi connectivity index (χ3n) is 7.74. The molecule has 6 nitrogen and oxygen atoms in total. The first-order chi connectivity index (χ1) is 19.1. The van der Waals surface area contributed by atoms with Crippen LogP contribution >= 0.6 is 0 Å². The highest BCUT2D eigenvalue weighted by Gasteiger charge is 2.30. The number of hydrogen-bond acceptors (Lipinski definition) is 3. The fraction of sp³-hybridized carbons (Fsp3) is 0.242. The number of anilines is 1. The Morgan fingerprint density at radius 1 is 0.897 bits per heavy atom. The summed E-state index contributed by atoms with van der Waals surface area (Å²) in [6.45, 7) is 3.06. The van der Waals surface area contributed by atoms with E-state index in [1.807, 2.05) is 36.4 Å². The van der Waals surface area contributed by atoms with Gasteiger partial charge >= 0.3 is 0 Å². The molecule has 5 aromatic rings. The van der Waals surface area contributed by atoms with Crippen molar-refractivity contribution in [2.45, 2.75) is 39.2 Å². The minimum atomic E-state index is -0.158. The number of nitrogens with zero attached hydrogens (tertiary/aromatic N) is 2. The first-order valence-corrected chi connectivity index (χ1v) is 13.6. The first-order valence-electron chi connectivity index (χ1n) is 13.6. The number of amides is 1. The Labute approximate surface area is 228 Å². The van der Waals surface area contributed by atoms with Crippen LogP contribution in [0.25, 0.3) is 28.0 Å². The van der Waals surface area contributed by atoms with Crippen molar-refractivity contribution in [2.24, 2.45) is 0 Å². The van der Waals surface area contributed by atoms with E-state index in [0.717, 1.165) is 66.0 Å². The highest BCUT2D eigenvalue weighted by molar-refractivity contribution is 6.10. The molecule has 1 amide bonds. The maximum atomic E-state index is 14.2. The summed E-state index contributed by atoms with van der Waals surface area (Å²) in [7, 11) is 3.30. The minimum absolute atomic E-state index is 0.158. The molecule has 1 aliphatic heterocycles. The van der Waals surface area contributed by atoms with Gasteiger partial charge in [0.05, 0.1) is 25.6 Å². The molecule has 0 bridgehead atoms. The van der Waals surface area contributed by atoms with Crippen LogP contribution in [0, 0.1) is 0 Å². The molecule has 0 saturated carbocycles. The second-order valence-electron chi connectivity index (χ2n) is 9.95. The first kappa shape index (κ1) is 24.9. The molecule has 0 radical (unpaired) electrons. The second kappa shape index (κ2) is 10.4. The van der Waals surface area contributed by atoms with Gasteiger partial charge in [-0.15, -0.1) is 0 Å². The quantitative estimate of drug-likeness (QED) is 0.247. The zero-order valence-electron chi connectivity index (χ0n) is 22.7. The fourth-order valence-corrected chi connectivity index (χ4v) is 5.75. The van der Waals surface area contributed by atoms with Crippen LogP contribution in [0.5, 0.6) is 11.5 Å². The van der Waals surface area contributed by atoms with Crippen molar-refractivity contribution >= 4 is 17.2 Å². The molecule has 3 heterocycles. The predicted molar refractivity (Wildman–Crippen MR) is 156 cm³/mol. The van der Waals surface area contributed by atoms with Gasteiger partial charge in [-0.2, -0.15) is 0 Å². The van der Waals surface area contributed by atoms with Crippen LogP contribution < -0.4 is 14.8 Å². The number of carbonyl (C=O) groups is 1. The van der Waals surface area contributed by atoms with E-state index < -0.39 is 0 Å². The number of rotatable bonds is 7. The van der Waals surface area contributed by atoms with Gasteiger partial charge < -0.3 is 19.4 Å². The largest absolute Gasteiger partial charge is 0.497 e. The lowest BCUT2D eigenvalue weighted by Crippen LogP contribution is -2.16. The molecule has 6 heteroatoms. The summed E-state index contributed by atoms with van der Waals surface area (Å²) in [6, 6.07) is 24.3. The molecule has 0 saturated heterocycles. The molecule has 0 spiro atoms. The Kier molecular flexibility index (Phi) is 6.61. The van der Waals surface area contributed by atoms with E-state index in [-0.39, 0.29) is 5.91 Å². The molecule has 198 valence electrons. The van der Waals surface area contributed by atoms with Crippen LogP contribution in [-0.2, 0) is 19.4 Å². The summed E-state index contributed by atoms with van der Waals surface area (Å²) >= 11 is 0. The summed E-state index contributed by atoms with van der Waals surface area (Å²) in [6.07, 6.45) is 6.16. The van der Waals surface area contributed by atoms with E-state index in [9.17, 15) is 4.79 Å². The summed E-state index contributed by atoms with van der Waals surface area (Å²) in [5.41, 5.74) is 9.15. The lowest BCUT2D eigenvalue weighted by Gasteiger charge is -2.12. The Balaban J connectivity index is 1.58. The van der Waals surface area contributed by atoms with Gasteiger partial charge in [-0.3, -0.25) is 9.20 Å². The average molecular weight is 520 g/mol. The monoisotopic (exact) mass is 519 g/mol. The van der Waals surface area contributed by atoms with Crippen LogP contribution in [0.15, 0.2) is 79.0 Å². The Bertz CT molecular complexity index is 1640. The maximum Gasteiger partial charge on any atom is 0.273 e. The summed E-state index contributed by atoms with van der Waals surface area (Å²) in [5, 5.41) is 3.15. The Morgan fingerprint density at radius 2 is 1.64 bits per heavy atom. The third-order valence-corrected chi connectivity index (χ3v) is 7.74. The Hall–Kier alpha value is -4.45. The molecule has 39 heavy (non-hydrogen) atoms. The number of imidazole rings is 1. The predicted octanol–water partition coefficient (Wildman–Crippen LogP) is 7.24. The summed E-state index contributed by atoms with van der Waals surface area (Å²) in [4.78, 5) is 14.2. The molecule has 0 atom stereocenters. The molecule has 1 N–H and O–H groups in total. The van der Waals surface area contributed by atoms with E-state index in [2.05, 4.69) is 63.8 Å². The SMILES string of the molecule is CCc1ccc(-c2c3c4n(c(-c5ccc(OC)cc5)cn4c2C(=O)Nc2ccccc2OC)CCCC3)cc1. The van der Waals surface area contributed by atoms with Crippen molar-refractivity contribution in [1.82, 2.24) is 8.97 Å². The van der Waals surface area contributed by atoms with E-state index in [1.54, 1.807) is 14.2 Å². The van der Waals surface area contributed by atoms with Gasteiger partial charge in [-0.25, -0.2) is 0 Å². The van der Waals surface area contributed by atoms with E-state index >= 15 is 0 Å². The lowest BCUT2D eigenvalue weighted by atomic mass is 9.96. The number of aryl methyl sites for hydroxylation is 3. The van der Waals surface area contributed by atoms with E-state index in [0.29, 0.717) is 17.1 Å². The maximum absolute atomic E-state index is 14.2. The normalized spacial score (nSPS) is 12.8. The van der Waals surface area contributed by atoms with Crippen LogP contribution in [0.2, 0.25) is 0 Å². The zero-order valence-corrected chi connectivity index (χ0v) is 22.7. The van der Waals surface area contributed by atoms with Gasteiger partial charge in [-0.05, 0) is 78.8 Å². The number of hydrogen-bond donors (Lipinski definition) is 1. The van der Waals surface area contributed by atoms with Crippen LogP contribution in [0.1, 0.15) is 41.4 Å². The van der Waals surface area contributed by atoms with Crippen LogP contribution in [0.3, 0.4) is 0 Å². The van der Waals surface area contributed by atoms with Gasteiger partial charge in [0.15, 0.2) is 0 Å². The van der Waals surface area contributed by atoms with Crippen molar-refractivity contribution in [1.29, 1.82) is 0 Å². The molecule has 0 unspecified atom stereocenters. The molecular weight excluding hydrogens is 486 g/mol.